The average molecular weight is 741 g/mol. The van der Waals surface area contributed by atoms with Crippen molar-refractivity contribution in [2.75, 3.05) is 10.8 Å². The molecule has 4 aromatic carbocycles. The van der Waals surface area contributed by atoms with Crippen LogP contribution in [-0.4, -0.2) is 43.8 Å². The molecule has 48 heavy (non-hydrogen) atoms. The smallest absolute Gasteiger partial charge is 0.352 e. The van der Waals surface area contributed by atoms with Gasteiger partial charge in [0.1, 0.15) is 12.6 Å². The first kappa shape index (κ1) is 37.1. The minimum Gasteiger partial charge on any atom is -0.352 e. The van der Waals surface area contributed by atoms with E-state index < -0.39 is 51.9 Å². The van der Waals surface area contributed by atoms with Gasteiger partial charge in [-0.05, 0) is 67.4 Å². The standard InChI is InChI=1S/C34H31Cl3F3N3O4S/c1-22(2)41-33(45)31(18-23-9-5-3-6-10-23)42(20-24-13-15-27(35)29(37)17-24)32(44)21-43(48(46,47)26-11-7-4-8-12-26)30-19-25(34(38,39)40)14-16-28(30)36/h3-17,19,22,31H,18,20-21H2,1-2H3,(H,41,45). The Morgan fingerprint density at radius 2 is 1.40 bits per heavy atom. The van der Waals surface area contributed by atoms with E-state index in [-0.39, 0.29) is 39.0 Å². The zero-order valence-corrected chi connectivity index (χ0v) is 28.8. The third kappa shape index (κ3) is 9.22. The van der Waals surface area contributed by atoms with Gasteiger partial charge in [-0.15, -0.1) is 0 Å². The molecule has 0 heterocycles. The van der Waals surface area contributed by atoms with Crippen LogP contribution in [0.15, 0.2) is 102 Å². The van der Waals surface area contributed by atoms with E-state index in [2.05, 4.69) is 5.32 Å². The molecule has 4 rings (SSSR count). The van der Waals surface area contributed by atoms with Crippen LogP contribution < -0.4 is 9.62 Å². The molecule has 7 nitrogen and oxygen atoms in total. The van der Waals surface area contributed by atoms with E-state index in [1.165, 1.54) is 41.3 Å². The lowest BCUT2D eigenvalue weighted by atomic mass is 10.0. The second-order valence-electron chi connectivity index (χ2n) is 11.1. The van der Waals surface area contributed by atoms with Crippen molar-refractivity contribution in [1.29, 1.82) is 0 Å². The number of nitrogens with zero attached hydrogens (tertiary/aromatic N) is 2. The van der Waals surface area contributed by atoms with Gasteiger partial charge in [-0.1, -0.05) is 89.4 Å². The molecule has 0 fully saturated rings. The molecule has 0 radical (unpaired) electrons. The van der Waals surface area contributed by atoms with Gasteiger partial charge in [0.2, 0.25) is 11.8 Å². The van der Waals surface area contributed by atoms with Crippen LogP contribution in [0, 0.1) is 0 Å². The highest BCUT2D eigenvalue weighted by Crippen LogP contribution is 2.37. The molecule has 14 heteroatoms. The van der Waals surface area contributed by atoms with Gasteiger partial charge in [0, 0.05) is 19.0 Å². The summed E-state index contributed by atoms with van der Waals surface area (Å²) in [5.74, 6) is -1.43. The van der Waals surface area contributed by atoms with E-state index in [0.29, 0.717) is 27.6 Å². The fourth-order valence-electron chi connectivity index (χ4n) is 4.88. The lowest BCUT2D eigenvalue weighted by molar-refractivity contribution is -0.140. The number of nitrogens with one attached hydrogen (secondary N) is 1. The minimum atomic E-state index is -4.85. The number of hydrogen-bond acceptors (Lipinski definition) is 4. The van der Waals surface area contributed by atoms with Crippen molar-refractivity contribution in [3.8, 4) is 0 Å². The van der Waals surface area contributed by atoms with Gasteiger partial charge >= 0.3 is 6.18 Å². The summed E-state index contributed by atoms with van der Waals surface area (Å²) >= 11 is 18.7. The van der Waals surface area contributed by atoms with Gasteiger partial charge in [-0.3, -0.25) is 13.9 Å². The summed E-state index contributed by atoms with van der Waals surface area (Å²) in [5.41, 5.74) is -0.580. The van der Waals surface area contributed by atoms with Gasteiger partial charge < -0.3 is 10.2 Å². The fraction of sp³-hybridized carbons (Fsp3) is 0.235. The first-order chi connectivity index (χ1) is 22.6. The third-order valence-electron chi connectivity index (χ3n) is 7.19. The number of anilines is 1. The summed E-state index contributed by atoms with van der Waals surface area (Å²) in [7, 11) is -4.68. The maximum Gasteiger partial charge on any atom is 0.416 e. The number of sulfonamides is 1. The molecule has 0 aliphatic carbocycles. The molecule has 1 N–H and O–H groups in total. The first-order valence-electron chi connectivity index (χ1n) is 14.6. The predicted molar refractivity (Wildman–Crippen MR) is 182 cm³/mol. The molecule has 2 amide bonds. The molecule has 254 valence electrons. The van der Waals surface area contributed by atoms with Crippen LogP contribution in [0.1, 0.15) is 30.5 Å². The lowest BCUT2D eigenvalue weighted by Gasteiger charge is -2.34. The van der Waals surface area contributed by atoms with Crippen LogP contribution in [0.5, 0.6) is 0 Å². The molecule has 0 spiro atoms. The van der Waals surface area contributed by atoms with Crippen molar-refractivity contribution in [1.82, 2.24) is 10.2 Å². The highest BCUT2D eigenvalue weighted by Gasteiger charge is 2.37. The second-order valence-corrected chi connectivity index (χ2v) is 14.2. The summed E-state index contributed by atoms with van der Waals surface area (Å²) in [6.45, 7) is 2.26. The molecule has 0 saturated carbocycles. The number of hydrogen-bond donors (Lipinski definition) is 1. The maximum absolute atomic E-state index is 14.5. The van der Waals surface area contributed by atoms with Crippen molar-refractivity contribution >= 4 is 62.3 Å². The van der Waals surface area contributed by atoms with Crippen molar-refractivity contribution < 1.29 is 31.2 Å². The Morgan fingerprint density at radius 3 is 1.98 bits per heavy atom. The SMILES string of the molecule is CC(C)NC(=O)C(Cc1ccccc1)N(Cc1ccc(Cl)c(Cl)c1)C(=O)CN(c1cc(C(F)(F)F)ccc1Cl)S(=O)(=O)c1ccccc1. The van der Waals surface area contributed by atoms with Gasteiger partial charge in [0.15, 0.2) is 0 Å². The molecule has 4 aromatic rings. The molecule has 1 unspecified atom stereocenters. The van der Waals surface area contributed by atoms with Crippen LogP contribution in [-0.2, 0) is 38.8 Å². The van der Waals surface area contributed by atoms with Crippen LogP contribution in [0.2, 0.25) is 15.1 Å². The Kier molecular flexibility index (Phi) is 12.1. The summed E-state index contributed by atoms with van der Waals surface area (Å²) in [4.78, 5) is 29.1. The number of carbonyl (C=O) groups excluding carboxylic acids is 2. The largest absolute Gasteiger partial charge is 0.416 e. The number of amides is 2. The molecule has 1 atom stereocenters. The van der Waals surface area contributed by atoms with Gasteiger partial charge in [0.25, 0.3) is 10.0 Å². The monoisotopic (exact) mass is 739 g/mol. The number of alkyl halides is 3. The highest BCUT2D eigenvalue weighted by molar-refractivity contribution is 7.92. The van der Waals surface area contributed by atoms with E-state index in [1.54, 1.807) is 56.3 Å². The summed E-state index contributed by atoms with van der Waals surface area (Å²) in [5, 5.41) is 2.90. The van der Waals surface area contributed by atoms with Crippen molar-refractivity contribution in [3.63, 3.8) is 0 Å². The Labute approximate surface area is 292 Å². The topological polar surface area (TPSA) is 86.8 Å². The van der Waals surface area contributed by atoms with Gasteiger partial charge in [-0.25, -0.2) is 8.42 Å². The van der Waals surface area contributed by atoms with Crippen LogP contribution in [0.25, 0.3) is 0 Å². The summed E-state index contributed by atoms with van der Waals surface area (Å²) in [6, 6.07) is 21.1. The Bertz CT molecular complexity index is 1860. The summed E-state index contributed by atoms with van der Waals surface area (Å²) < 4.78 is 70.2. The van der Waals surface area contributed by atoms with Crippen molar-refractivity contribution in [2.24, 2.45) is 0 Å². The first-order valence-corrected chi connectivity index (χ1v) is 17.2. The Balaban J connectivity index is 1.88. The van der Waals surface area contributed by atoms with Gasteiger partial charge in [-0.2, -0.15) is 13.2 Å². The minimum absolute atomic E-state index is 0.0300. The van der Waals surface area contributed by atoms with Crippen molar-refractivity contribution in [2.45, 2.75) is 50.0 Å². The lowest BCUT2D eigenvalue weighted by Crippen LogP contribution is -2.54. The average Bonchev–Trinajstić information content (AvgIpc) is 3.03. The molecule has 0 aromatic heterocycles. The van der Waals surface area contributed by atoms with E-state index in [0.717, 1.165) is 6.07 Å². The van der Waals surface area contributed by atoms with Crippen LogP contribution in [0.4, 0.5) is 18.9 Å². The molecule has 0 aliphatic heterocycles. The Hall–Kier alpha value is -3.77. The summed E-state index contributed by atoms with van der Waals surface area (Å²) in [6.07, 6.45) is -4.82. The van der Waals surface area contributed by atoms with E-state index in [1.807, 2.05) is 0 Å². The fourth-order valence-corrected chi connectivity index (χ4v) is 6.92. The second kappa shape index (κ2) is 15.6. The molecule has 0 aliphatic rings. The van der Waals surface area contributed by atoms with E-state index >= 15 is 0 Å². The zero-order valence-electron chi connectivity index (χ0n) is 25.7. The Morgan fingerprint density at radius 1 is 0.792 bits per heavy atom. The van der Waals surface area contributed by atoms with Crippen molar-refractivity contribution in [3.05, 3.63) is 129 Å². The third-order valence-corrected chi connectivity index (χ3v) is 10.0. The zero-order chi connectivity index (χ0) is 35.2. The predicted octanol–water partition coefficient (Wildman–Crippen LogP) is 8.03. The van der Waals surface area contributed by atoms with E-state index in [9.17, 15) is 31.2 Å². The molecule has 0 bridgehead atoms. The number of benzene rings is 4. The molecular formula is C34H31Cl3F3N3O4S. The normalized spacial score (nSPS) is 12.4. The number of rotatable bonds is 12. The quantitative estimate of drug-likeness (QED) is 0.160. The molecular weight excluding hydrogens is 710 g/mol. The number of halogens is 6. The van der Waals surface area contributed by atoms with Crippen LogP contribution >= 0.6 is 34.8 Å². The van der Waals surface area contributed by atoms with Gasteiger partial charge in [0.05, 0.1) is 31.2 Å². The highest BCUT2D eigenvalue weighted by atomic mass is 35.5. The number of carbonyl (C=O) groups is 2. The van der Waals surface area contributed by atoms with Crippen LogP contribution in [0.3, 0.4) is 0 Å². The maximum atomic E-state index is 14.5. The van der Waals surface area contributed by atoms with E-state index in [4.69, 9.17) is 34.8 Å². The molecule has 0 saturated heterocycles.